The summed E-state index contributed by atoms with van der Waals surface area (Å²) in [5.74, 6) is 0.0301. The van der Waals surface area contributed by atoms with Crippen molar-refractivity contribution in [3.63, 3.8) is 0 Å². The van der Waals surface area contributed by atoms with Crippen LogP contribution in [-0.4, -0.2) is 13.0 Å². The Morgan fingerprint density at radius 2 is 1.74 bits per heavy atom. The average molecular weight is 251 g/mol. The molecule has 0 saturated carbocycles. The molecule has 2 aliphatic rings. The summed E-state index contributed by atoms with van der Waals surface area (Å²) in [5.41, 5.74) is 2.20. The number of anilines is 1. The first-order valence-electron chi connectivity index (χ1n) is 6.35. The van der Waals surface area contributed by atoms with Gasteiger partial charge in [-0.25, -0.2) is 0 Å². The highest BCUT2D eigenvalue weighted by Crippen LogP contribution is 2.62. The van der Waals surface area contributed by atoms with E-state index >= 15 is 0 Å². The fraction of sp³-hybridized carbons (Fsp3) is 0.188. The first kappa shape index (κ1) is 10.8. The summed E-state index contributed by atoms with van der Waals surface area (Å²) in [6.07, 6.45) is -0.160. The molecule has 3 heteroatoms. The van der Waals surface area contributed by atoms with Gasteiger partial charge in [0.05, 0.1) is 5.69 Å². The number of hydrogen-bond donors (Lipinski definition) is 0. The molecule has 1 spiro atoms. The molecule has 19 heavy (non-hydrogen) atoms. The van der Waals surface area contributed by atoms with Crippen LogP contribution in [0, 0.1) is 0 Å². The molecule has 1 fully saturated rings. The van der Waals surface area contributed by atoms with E-state index in [2.05, 4.69) is 0 Å². The molecule has 2 aromatic rings. The summed E-state index contributed by atoms with van der Waals surface area (Å²) < 4.78 is 5.87. The van der Waals surface area contributed by atoms with Crippen LogP contribution < -0.4 is 4.90 Å². The van der Waals surface area contributed by atoms with Crippen molar-refractivity contribution in [2.75, 3.05) is 11.9 Å². The molecule has 0 aliphatic carbocycles. The molecule has 1 saturated heterocycles. The molecule has 94 valence electrons. The van der Waals surface area contributed by atoms with E-state index in [1.165, 1.54) is 0 Å². The minimum absolute atomic E-state index is 0.0301. The van der Waals surface area contributed by atoms with Gasteiger partial charge in [0, 0.05) is 12.6 Å². The second-order valence-corrected chi connectivity index (χ2v) is 5.03. The maximum atomic E-state index is 12.5. The smallest absolute Gasteiger partial charge is 0.266 e. The summed E-state index contributed by atoms with van der Waals surface area (Å²) in [6, 6.07) is 17.8. The molecule has 0 bridgehead atoms. The highest BCUT2D eigenvalue weighted by Gasteiger charge is 2.69. The van der Waals surface area contributed by atoms with Crippen molar-refractivity contribution in [3.05, 3.63) is 65.7 Å². The van der Waals surface area contributed by atoms with Crippen LogP contribution in [0.4, 0.5) is 5.69 Å². The number of carbonyl (C=O) groups excluding carboxylic acids is 1. The lowest BCUT2D eigenvalue weighted by Gasteiger charge is -2.08. The summed E-state index contributed by atoms with van der Waals surface area (Å²) in [4.78, 5) is 14.2. The van der Waals surface area contributed by atoms with Crippen LogP contribution in [0.3, 0.4) is 0 Å². The van der Waals surface area contributed by atoms with Crippen molar-refractivity contribution in [1.29, 1.82) is 0 Å². The first-order chi connectivity index (χ1) is 9.25. The lowest BCUT2D eigenvalue weighted by Crippen LogP contribution is -2.29. The van der Waals surface area contributed by atoms with E-state index in [9.17, 15) is 4.79 Å². The van der Waals surface area contributed by atoms with Gasteiger partial charge in [0.25, 0.3) is 5.91 Å². The number of nitrogens with zero attached hydrogens (tertiary/aromatic N) is 1. The van der Waals surface area contributed by atoms with E-state index < -0.39 is 5.60 Å². The van der Waals surface area contributed by atoms with Gasteiger partial charge in [-0.1, -0.05) is 48.5 Å². The summed E-state index contributed by atoms with van der Waals surface area (Å²) in [6.45, 7) is 0. The maximum absolute atomic E-state index is 12.5. The van der Waals surface area contributed by atoms with Crippen LogP contribution in [0.5, 0.6) is 0 Å². The van der Waals surface area contributed by atoms with Gasteiger partial charge in [0.15, 0.2) is 0 Å². The van der Waals surface area contributed by atoms with Crippen LogP contribution in [0.25, 0.3) is 0 Å². The molecular weight excluding hydrogens is 238 g/mol. The number of carbonyl (C=O) groups is 1. The molecular formula is C16H13NO2. The minimum Gasteiger partial charge on any atom is -0.345 e. The lowest BCUT2D eigenvalue weighted by atomic mass is 9.93. The van der Waals surface area contributed by atoms with Crippen molar-refractivity contribution >= 4 is 11.6 Å². The van der Waals surface area contributed by atoms with Crippen molar-refractivity contribution < 1.29 is 9.53 Å². The Kier molecular flexibility index (Phi) is 1.96. The molecule has 2 aromatic carbocycles. The molecule has 0 radical (unpaired) electrons. The fourth-order valence-corrected chi connectivity index (χ4v) is 3.00. The van der Waals surface area contributed by atoms with E-state index in [4.69, 9.17) is 4.74 Å². The number of likely N-dealkylation sites (N-methyl/N-ethyl adjacent to an activating group) is 1. The fourth-order valence-electron chi connectivity index (χ4n) is 3.00. The van der Waals surface area contributed by atoms with Crippen LogP contribution in [0.2, 0.25) is 0 Å². The topological polar surface area (TPSA) is 32.8 Å². The van der Waals surface area contributed by atoms with Crippen molar-refractivity contribution in [1.82, 2.24) is 0 Å². The van der Waals surface area contributed by atoms with E-state index in [1.54, 1.807) is 11.9 Å². The summed E-state index contributed by atoms with van der Waals surface area (Å²) >= 11 is 0. The molecule has 2 atom stereocenters. The molecule has 2 unspecified atom stereocenters. The third kappa shape index (κ3) is 1.23. The van der Waals surface area contributed by atoms with Crippen LogP contribution in [-0.2, 0) is 15.1 Å². The zero-order valence-corrected chi connectivity index (χ0v) is 10.5. The Hall–Kier alpha value is -2.13. The number of rotatable bonds is 1. The number of para-hydroxylation sites is 1. The Labute approximate surface area is 111 Å². The number of benzene rings is 2. The van der Waals surface area contributed by atoms with Gasteiger partial charge in [-0.2, -0.15) is 0 Å². The van der Waals surface area contributed by atoms with Gasteiger partial charge >= 0.3 is 0 Å². The van der Waals surface area contributed by atoms with E-state index in [1.807, 2.05) is 54.6 Å². The van der Waals surface area contributed by atoms with E-state index in [0.717, 1.165) is 16.8 Å². The SMILES string of the molecule is CN1C(=O)C2(OC2c2ccccc2)c2ccccc21. The number of fused-ring (bicyclic) bond motifs is 2. The number of epoxide rings is 1. The third-order valence-corrected chi connectivity index (χ3v) is 4.01. The third-order valence-electron chi connectivity index (χ3n) is 4.01. The lowest BCUT2D eigenvalue weighted by molar-refractivity contribution is -0.122. The van der Waals surface area contributed by atoms with Crippen LogP contribution >= 0.6 is 0 Å². The minimum atomic E-state index is -0.785. The van der Waals surface area contributed by atoms with Crippen molar-refractivity contribution in [3.8, 4) is 0 Å². The quantitative estimate of drug-likeness (QED) is 0.730. The highest BCUT2D eigenvalue weighted by molar-refractivity contribution is 6.09. The normalized spacial score (nSPS) is 27.7. The van der Waals surface area contributed by atoms with Gasteiger partial charge in [-0.15, -0.1) is 0 Å². The molecule has 4 rings (SSSR count). The zero-order valence-electron chi connectivity index (χ0n) is 10.5. The number of ether oxygens (including phenoxy) is 1. The Morgan fingerprint density at radius 1 is 1.05 bits per heavy atom. The maximum Gasteiger partial charge on any atom is 0.266 e. The summed E-state index contributed by atoms with van der Waals surface area (Å²) in [5, 5.41) is 0. The highest BCUT2D eigenvalue weighted by atomic mass is 16.6. The second kappa shape index (κ2) is 3.45. The monoisotopic (exact) mass is 251 g/mol. The Bertz CT molecular complexity index is 667. The van der Waals surface area contributed by atoms with Crippen molar-refractivity contribution in [2.24, 2.45) is 0 Å². The predicted octanol–water partition coefficient (Wildman–Crippen LogP) is 2.63. The molecule has 0 N–H and O–H groups in total. The van der Waals surface area contributed by atoms with Gasteiger partial charge in [0.2, 0.25) is 5.60 Å². The Morgan fingerprint density at radius 3 is 2.53 bits per heavy atom. The molecule has 1 amide bonds. The van der Waals surface area contributed by atoms with Crippen LogP contribution in [0.1, 0.15) is 17.2 Å². The molecule has 3 nitrogen and oxygen atoms in total. The average Bonchev–Trinajstić information content (AvgIpc) is 3.19. The van der Waals surface area contributed by atoms with E-state index in [-0.39, 0.29) is 12.0 Å². The standard InChI is InChI=1S/C16H13NO2/c1-17-13-10-6-5-9-12(13)16(15(17)18)14(19-16)11-7-3-2-4-8-11/h2-10,14H,1H3. The zero-order chi connectivity index (χ0) is 13.0. The summed E-state index contributed by atoms with van der Waals surface area (Å²) in [7, 11) is 1.81. The first-order valence-corrected chi connectivity index (χ1v) is 6.35. The molecule has 0 aromatic heterocycles. The number of amides is 1. The molecule has 2 aliphatic heterocycles. The van der Waals surface area contributed by atoms with Crippen molar-refractivity contribution in [2.45, 2.75) is 11.7 Å². The predicted molar refractivity (Wildman–Crippen MR) is 71.8 cm³/mol. The second-order valence-electron chi connectivity index (χ2n) is 5.03. The number of hydrogen-bond acceptors (Lipinski definition) is 2. The van der Waals surface area contributed by atoms with Gasteiger partial charge in [-0.3, -0.25) is 4.79 Å². The van der Waals surface area contributed by atoms with Crippen LogP contribution in [0.15, 0.2) is 54.6 Å². The van der Waals surface area contributed by atoms with Gasteiger partial charge < -0.3 is 9.64 Å². The Balaban J connectivity index is 1.84. The largest absolute Gasteiger partial charge is 0.345 e. The molecule has 2 heterocycles. The van der Waals surface area contributed by atoms with Gasteiger partial charge in [-0.05, 0) is 11.6 Å². The van der Waals surface area contributed by atoms with Gasteiger partial charge in [0.1, 0.15) is 6.10 Å². The van der Waals surface area contributed by atoms with E-state index in [0.29, 0.717) is 0 Å².